The predicted molar refractivity (Wildman–Crippen MR) is 183 cm³/mol. The first-order valence-electron chi connectivity index (χ1n) is 15.5. The van der Waals surface area contributed by atoms with Crippen LogP contribution in [0.1, 0.15) is 28.4 Å². The van der Waals surface area contributed by atoms with Crippen molar-refractivity contribution in [3.63, 3.8) is 0 Å². The average molecular weight is 687 g/mol. The molecule has 1 aliphatic heterocycles. The Kier molecular flexibility index (Phi) is 15.6. The lowest BCUT2D eigenvalue weighted by atomic mass is 10.2. The van der Waals surface area contributed by atoms with Gasteiger partial charge >= 0.3 is 23.9 Å². The number of rotatable bonds is 13. The van der Waals surface area contributed by atoms with E-state index in [1.807, 2.05) is 24.3 Å². The van der Waals surface area contributed by atoms with E-state index in [0.717, 1.165) is 56.1 Å². The molecular formula is C36H38N4O10. The van der Waals surface area contributed by atoms with Gasteiger partial charge in [-0.1, -0.05) is 54.6 Å². The van der Waals surface area contributed by atoms with Gasteiger partial charge in [-0.05, 0) is 29.8 Å². The molecule has 1 fully saturated rings. The van der Waals surface area contributed by atoms with Gasteiger partial charge in [0.1, 0.15) is 5.82 Å². The van der Waals surface area contributed by atoms with E-state index in [4.69, 9.17) is 29.8 Å². The third-order valence-electron chi connectivity index (χ3n) is 7.13. The van der Waals surface area contributed by atoms with Crippen LogP contribution in [-0.4, -0.2) is 102 Å². The molecule has 2 aromatic heterocycles. The Bertz CT molecular complexity index is 1740. The maximum atomic E-state index is 12.5. The molecule has 4 N–H and O–H groups in total. The van der Waals surface area contributed by atoms with Crippen molar-refractivity contribution in [2.45, 2.75) is 19.5 Å². The number of furan rings is 1. The van der Waals surface area contributed by atoms with Crippen LogP contribution < -0.4 is 0 Å². The van der Waals surface area contributed by atoms with Crippen LogP contribution in [0.2, 0.25) is 0 Å². The van der Waals surface area contributed by atoms with Gasteiger partial charge in [-0.25, -0.2) is 24.2 Å². The molecule has 5 rings (SSSR count). The molecular weight excluding hydrogens is 648 g/mol. The summed E-state index contributed by atoms with van der Waals surface area (Å²) in [5.41, 5.74) is 3.30. The van der Waals surface area contributed by atoms with E-state index >= 15 is 0 Å². The van der Waals surface area contributed by atoms with E-state index in [1.165, 1.54) is 5.56 Å². The van der Waals surface area contributed by atoms with Crippen molar-refractivity contribution < 1.29 is 48.8 Å². The number of aromatic nitrogens is 2. The summed E-state index contributed by atoms with van der Waals surface area (Å²) in [6.07, 6.45) is 8.61. The highest BCUT2D eigenvalue weighted by Crippen LogP contribution is 2.19. The normalized spacial score (nSPS) is 13.5. The number of fused-ring (bicyclic) bond motifs is 1. The second-order valence-electron chi connectivity index (χ2n) is 10.7. The van der Waals surface area contributed by atoms with Gasteiger partial charge in [0, 0.05) is 70.0 Å². The van der Waals surface area contributed by atoms with Gasteiger partial charge < -0.3 is 29.4 Å². The summed E-state index contributed by atoms with van der Waals surface area (Å²) >= 11 is 0. The molecule has 3 heterocycles. The van der Waals surface area contributed by atoms with Gasteiger partial charge in [-0.2, -0.15) is 0 Å². The van der Waals surface area contributed by atoms with Gasteiger partial charge in [0.05, 0.1) is 23.8 Å². The van der Waals surface area contributed by atoms with E-state index in [0.29, 0.717) is 43.0 Å². The molecule has 0 amide bonds. The van der Waals surface area contributed by atoms with Crippen LogP contribution in [0.15, 0.2) is 108 Å². The van der Waals surface area contributed by atoms with E-state index < -0.39 is 23.9 Å². The molecule has 0 bridgehead atoms. The van der Waals surface area contributed by atoms with Crippen molar-refractivity contribution in [3.8, 4) is 0 Å². The number of nitrogens with zero attached hydrogens (tertiary/aromatic N) is 4. The van der Waals surface area contributed by atoms with Crippen molar-refractivity contribution >= 4 is 46.8 Å². The number of carboxylic acid groups (broad SMARTS) is 4. The molecule has 0 radical (unpaired) electrons. The lowest BCUT2D eigenvalue weighted by Crippen LogP contribution is -2.46. The number of aryl methyl sites for hydroxylation is 1. The summed E-state index contributed by atoms with van der Waals surface area (Å²) in [6, 6.07) is 22.1. The van der Waals surface area contributed by atoms with Crippen LogP contribution in [0, 0.1) is 0 Å². The smallest absolute Gasteiger partial charge is 0.328 e. The number of imidazole rings is 1. The highest BCUT2D eigenvalue weighted by atomic mass is 16.4. The lowest BCUT2D eigenvalue weighted by molar-refractivity contribution is -0.134. The van der Waals surface area contributed by atoms with Crippen LogP contribution in [0.4, 0.5) is 0 Å². The number of hydrogen-bond acceptors (Lipinski definition) is 9. The minimum absolute atomic E-state index is 0.0194. The Hall–Kier alpha value is -6.12. The summed E-state index contributed by atoms with van der Waals surface area (Å²) < 4.78 is 7.47. The predicted octanol–water partition coefficient (Wildman–Crippen LogP) is 4.16. The Morgan fingerprint density at radius 1 is 0.700 bits per heavy atom. The molecule has 0 atom stereocenters. The second-order valence-corrected chi connectivity index (χ2v) is 10.7. The summed E-state index contributed by atoms with van der Waals surface area (Å²) in [7, 11) is 0. The zero-order chi connectivity index (χ0) is 36.3. The first-order valence-corrected chi connectivity index (χ1v) is 15.5. The number of hydrogen-bond donors (Lipinski definition) is 4. The fourth-order valence-electron chi connectivity index (χ4n) is 4.79. The molecule has 0 saturated carbocycles. The van der Waals surface area contributed by atoms with Gasteiger partial charge in [0.2, 0.25) is 0 Å². The Morgan fingerprint density at radius 2 is 1.26 bits per heavy atom. The second kappa shape index (κ2) is 20.3. The first kappa shape index (κ1) is 38.3. The van der Waals surface area contributed by atoms with Gasteiger partial charge in [-0.3, -0.25) is 14.6 Å². The van der Waals surface area contributed by atoms with E-state index in [-0.39, 0.29) is 5.78 Å². The van der Waals surface area contributed by atoms with Gasteiger partial charge in [-0.15, -0.1) is 0 Å². The molecule has 2 aromatic carbocycles. The molecule has 0 spiro atoms. The number of carbonyl (C=O) groups excluding carboxylic acids is 1. The van der Waals surface area contributed by atoms with E-state index in [1.54, 1.807) is 18.4 Å². The van der Waals surface area contributed by atoms with Gasteiger partial charge in [0.25, 0.3) is 0 Å². The van der Waals surface area contributed by atoms with Crippen molar-refractivity contribution in [3.05, 3.63) is 121 Å². The third-order valence-corrected chi connectivity index (χ3v) is 7.13. The summed E-state index contributed by atoms with van der Waals surface area (Å²) in [4.78, 5) is 60.6. The van der Waals surface area contributed by atoms with Crippen molar-refractivity contribution in [1.29, 1.82) is 0 Å². The zero-order valence-corrected chi connectivity index (χ0v) is 27.1. The zero-order valence-electron chi connectivity index (χ0n) is 27.1. The van der Waals surface area contributed by atoms with Crippen LogP contribution in [0.3, 0.4) is 0 Å². The number of carboxylic acids is 4. The molecule has 4 aromatic rings. The quantitative estimate of drug-likeness (QED) is 0.115. The molecule has 50 heavy (non-hydrogen) atoms. The lowest BCUT2D eigenvalue weighted by Gasteiger charge is -2.34. The maximum Gasteiger partial charge on any atom is 0.328 e. The van der Waals surface area contributed by atoms with E-state index in [9.17, 15) is 24.0 Å². The Balaban J connectivity index is 0.000000352. The highest BCUT2D eigenvalue weighted by molar-refractivity contribution is 5.93. The van der Waals surface area contributed by atoms with Crippen molar-refractivity contribution in [1.82, 2.24) is 19.4 Å². The number of ketones is 1. The summed E-state index contributed by atoms with van der Waals surface area (Å²) in [5, 5.41) is 31.2. The first-order chi connectivity index (χ1) is 24.0. The Morgan fingerprint density at radius 3 is 1.82 bits per heavy atom. The molecule has 0 aliphatic carbocycles. The SMILES string of the molecule is O=C(CCn1c(CN2CCN(C/C=C\c3ccccc3)CC2)nc2ccccc21)c1ccco1.O=C(O)/C=C/C(=O)O.O=C(O)/C=C/C(=O)O. The molecule has 14 nitrogen and oxygen atoms in total. The number of Topliss-reactive ketones (excluding diaryl/α,β-unsaturated/α-hetero) is 1. The monoisotopic (exact) mass is 686 g/mol. The van der Waals surface area contributed by atoms with Crippen LogP contribution in [0.5, 0.6) is 0 Å². The van der Waals surface area contributed by atoms with Crippen LogP contribution >= 0.6 is 0 Å². The van der Waals surface area contributed by atoms with Gasteiger partial charge in [0.15, 0.2) is 11.5 Å². The minimum atomic E-state index is -1.26. The summed E-state index contributed by atoms with van der Waals surface area (Å²) in [5.74, 6) is -3.57. The number of para-hydroxylation sites is 2. The number of piperazine rings is 1. The average Bonchev–Trinajstić information content (AvgIpc) is 3.76. The molecule has 14 heteroatoms. The summed E-state index contributed by atoms with van der Waals surface area (Å²) in [6.45, 7) is 6.45. The molecule has 1 aliphatic rings. The third kappa shape index (κ3) is 13.9. The fourth-order valence-corrected chi connectivity index (χ4v) is 4.79. The molecule has 1 saturated heterocycles. The fraction of sp³-hybridized carbons (Fsp3) is 0.222. The van der Waals surface area contributed by atoms with Crippen LogP contribution in [-0.2, 0) is 32.3 Å². The Labute approximate surface area is 287 Å². The molecule has 262 valence electrons. The number of aliphatic carboxylic acids is 4. The van der Waals surface area contributed by atoms with Crippen molar-refractivity contribution in [2.75, 3.05) is 32.7 Å². The molecule has 0 unspecified atom stereocenters. The maximum absolute atomic E-state index is 12.5. The number of carbonyl (C=O) groups is 5. The largest absolute Gasteiger partial charge is 0.478 e. The van der Waals surface area contributed by atoms with E-state index in [2.05, 4.69) is 56.9 Å². The standard InChI is InChI=1S/C28H30N4O2.2C4H4O4/c33-26(27-13-7-21-34-27)14-16-32-25-12-5-4-11-24(25)29-28(32)22-31-19-17-30(18-20-31)15-6-10-23-8-2-1-3-9-23;2*5-3(6)1-2-4(7)8/h1-13,21H,14-20,22H2;2*1-2H,(H,5,6)(H,7,8)/b10-6-;2*2-1+. The number of benzene rings is 2. The van der Waals surface area contributed by atoms with Crippen LogP contribution in [0.25, 0.3) is 17.1 Å². The highest BCUT2D eigenvalue weighted by Gasteiger charge is 2.20. The minimum Gasteiger partial charge on any atom is -0.478 e. The van der Waals surface area contributed by atoms with Crippen molar-refractivity contribution in [2.24, 2.45) is 0 Å². The topological polar surface area (TPSA) is 204 Å².